The average molecular weight is 244 g/mol. The molecule has 0 aromatic heterocycles. The van der Waals surface area contributed by atoms with Crippen LogP contribution in [0.2, 0.25) is 0 Å². The third kappa shape index (κ3) is 3.98. The maximum atomic E-state index is 12.0. The average Bonchev–Trinajstić information content (AvgIpc) is 2.71. The molecule has 17 heavy (non-hydrogen) atoms. The van der Waals surface area contributed by atoms with Crippen LogP contribution in [0.5, 0.6) is 0 Å². The van der Waals surface area contributed by atoms with Gasteiger partial charge in [-0.2, -0.15) is 0 Å². The number of aliphatic carboxylic acids is 1. The summed E-state index contributed by atoms with van der Waals surface area (Å²) in [7, 11) is 1.56. The second kappa shape index (κ2) is 6.56. The summed E-state index contributed by atoms with van der Waals surface area (Å²) < 4.78 is 4.87. The Morgan fingerprint density at radius 3 is 2.88 bits per heavy atom. The smallest absolute Gasteiger partial charge is 0.305 e. The van der Waals surface area contributed by atoms with E-state index in [1.54, 1.807) is 12.0 Å². The molecule has 1 saturated heterocycles. The van der Waals surface area contributed by atoms with Crippen molar-refractivity contribution < 1.29 is 19.4 Å². The van der Waals surface area contributed by atoms with Crippen molar-refractivity contribution in [1.82, 2.24) is 4.90 Å². The first-order chi connectivity index (χ1) is 8.06. The van der Waals surface area contributed by atoms with Gasteiger partial charge in [0.15, 0.2) is 0 Å². The molecule has 98 valence electrons. The number of rotatable bonds is 6. The lowest BCUT2D eigenvalue weighted by atomic mass is 10.1. The van der Waals surface area contributed by atoms with Gasteiger partial charge >= 0.3 is 5.97 Å². The van der Waals surface area contributed by atoms with Crippen LogP contribution in [0.3, 0.4) is 0 Å². The molecule has 1 fully saturated rings. The van der Waals surface area contributed by atoms with Gasteiger partial charge in [0, 0.05) is 26.3 Å². The van der Waals surface area contributed by atoms with E-state index in [1.807, 2.05) is 0 Å². The Bertz CT molecular complexity index is 283. The van der Waals surface area contributed by atoms with Gasteiger partial charge in [-0.1, -0.05) is 0 Å². The molecule has 1 heterocycles. The number of ether oxygens (including phenoxy) is 1. The predicted molar refractivity (Wildman–Crippen MR) is 61.5 cm³/mol. The van der Waals surface area contributed by atoms with Crippen LogP contribution in [0, 0.1) is 0 Å². The highest BCUT2D eigenvalue weighted by molar-refractivity contribution is 5.82. The van der Waals surface area contributed by atoms with Gasteiger partial charge in [0.05, 0.1) is 12.5 Å². The van der Waals surface area contributed by atoms with E-state index in [4.69, 9.17) is 15.6 Å². The molecule has 0 aromatic carbocycles. The Morgan fingerprint density at radius 1 is 1.59 bits per heavy atom. The summed E-state index contributed by atoms with van der Waals surface area (Å²) in [6.45, 7) is 1.04. The summed E-state index contributed by atoms with van der Waals surface area (Å²) in [5, 5.41) is 8.76. The maximum absolute atomic E-state index is 12.0. The van der Waals surface area contributed by atoms with Crippen molar-refractivity contribution in [2.75, 3.05) is 20.3 Å². The van der Waals surface area contributed by atoms with Gasteiger partial charge in [-0.25, -0.2) is 0 Å². The van der Waals surface area contributed by atoms with E-state index in [1.165, 1.54) is 0 Å². The highest BCUT2D eigenvalue weighted by Gasteiger charge is 2.32. The van der Waals surface area contributed by atoms with E-state index in [0.29, 0.717) is 19.6 Å². The Morgan fingerprint density at radius 2 is 2.29 bits per heavy atom. The monoisotopic (exact) mass is 244 g/mol. The number of carboxylic acid groups (broad SMARTS) is 1. The number of carbonyl (C=O) groups excluding carboxylic acids is 1. The summed E-state index contributed by atoms with van der Waals surface area (Å²) >= 11 is 0. The zero-order chi connectivity index (χ0) is 12.8. The number of nitrogens with two attached hydrogens (primary N) is 1. The predicted octanol–water partition coefficient (Wildman–Crippen LogP) is -0.184. The first-order valence-electron chi connectivity index (χ1n) is 5.83. The standard InChI is InChI=1S/C11H20N2O4/c1-17-6-4-9(12)11(16)13-5-2-3-8(13)7-10(14)15/h8-9H,2-7,12H2,1H3,(H,14,15). The third-order valence-electron chi connectivity index (χ3n) is 3.02. The number of amides is 1. The molecule has 1 rings (SSSR count). The number of methoxy groups -OCH3 is 1. The molecule has 0 bridgehead atoms. The van der Waals surface area contributed by atoms with Crippen LogP contribution in [0.4, 0.5) is 0 Å². The molecule has 6 heteroatoms. The molecule has 0 aromatic rings. The Kier molecular flexibility index (Phi) is 5.37. The van der Waals surface area contributed by atoms with E-state index in [-0.39, 0.29) is 18.4 Å². The first kappa shape index (κ1) is 13.9. The van der Waals surface area contributed by atoms with Crippen LogP contribution in [-0.4, -0.2) is 54.2 Å². The van der Waals surface area contributed by atoms with Crippen molar-refractivity contribution in [3.05, 3.63) is 0 Å². The Balaban J connectivity index is 2.51. The van der Waals surface area contributed by atoms with Gasteiger partial charge in [0.1, 0.15) is 0 Å². The van der Waals surface area contributed by atoms with Gasteiger partial charge < -0.3 is 20.5 Å². The highest BCUT2D eigenvalue weighted by Crippen LogP contribution is 2.21. The topological polar surface area (TPSA) is 92.9 Å². The lowest BCUT2D eigenvalue weighted by Gasteiger charge is -2.26. The zero-order valence-corrected chi connectivity index (χ0v) is 10.1. The fourth-order valence-electron chi connectivity index (χ4n) is 2.12. The van der Waals surface area contributed by atoms with Gasteiger partial charge in [-0.05, 0) is 19.3 Å². The molecule has 0 aliphatic carbocycles. The minimum absolute atomic E-state index is 0.00272. The van der Waals surface area contributed by atoms with Gasteiger partial charge in [0.25, 0.3) is 0 Å². The molecular formula is C11H20N2O4. The minimum atomic E-state index is -0.875. The molecule has 2 atom stereocenters. The van der Waals surface area contributed by atoms with Crippen molar-refractivity contribution in [3.63, 3.8) is 0 Å². The van der Waals surface area contributed by atoms with Gasteiger partial charge in [0.2, 0.25) is 5.91 Å². The quantitative estimate of drug-likeness (QED) is 0.676. The molecular weight excluding hydrogens is 224 g/mol. The maximum Gasteiger partial charge on any atom is 0.305 e. The van der Waals surface area contributed by atoms with E-state index < -0.39 is 12.0 Å². The van der Waals surface area contributed by atoms with Crippen LogP contribution in [0.25, 0.3) is 0 Å². The van der Waals surface area contributed by atoms with Crippen LogP contribution >= 0.6 is 0 Å². The largest absolute Gasteiger partial charge is 0.481 e. The van der Waals surface area contributed by atoms with Gasteiger partial charge in [-0.3, -0.25) is 9.59 Å². The van der Waals surface area contributed by atoms with Crippen LogP contribution in [-0.2, 0) is 14.3 Å². The van der Waals surface area contributed by atoms with Crippen molar-refractivity contribution in [3.8, 4) is 0 Å². The molecule has 1 aliphatic rings. The lowest BCUT2D eigenvalue weighted by Crippen LogP contribution is -2.46. The molecule has 1 amide bonds. The van der Waals surface area contributed by atoms with Crippen LogP contribution < -0.4 is 5.73 Å². The molecule has 6 nitrogen and oxygen atoms in total. The summed E-state index contributed by atoms with van der Waals surface area (Å²) in [6, 6.07) is -0.794. The van der Waals surface area contributed by atoms with Crippen molar-refractivity contribution in [2.45, 2.75) is 37.8 Å². The molecule has 1 aliphatic heterocycles. The number of carboxylic acids is 1. The van der Waals surface area contributed by atoms with Crippen molar-refractivity contribution >= 4 is 11.9 Å². The highest BCUT2D eigenvalue weighted by atomic mass is 16.5. The second-order valence-electron chi connectivity index (χ2n) is 4.31. The fourth-order valence-corrected chi connectivity index (χ4v) is 2.12. The molecule has 3 N–H and O–H groups in total. The van der Waals surface area contributed by atoms with E-state index in [2.05, 4.69) is 0 Å². The van der Waals surface area contributed by atoms with E-state index in [0.717, 1.165) is 12.8 Å². The molecule has 0 radical (unpaired) electrons. The molecule has 0 saturated carbocycles. The third-order valence-corrected chi connectivity index (χ3v) is 3.02. The van der Waals surface area contributed by atoms with E-state index >= 15 is 0 Å². The lowest BCUT2D eigenvalue weighted by molar-refractivity contribution is -0.140. The van der Waals surface area contributed by atoms with Crippen molar-refractivity contribution in [1.29, 1.82) is 0 Å². The Hall–Kier alpha value is -1.14. The number of nitrogens with zero attached hydrogens (tertiary/aromatic N) is 1. The number of hydrogen-bond donors (Lipinski definition) is 2. The molecule has 0 spiro atoms. The zero-order valence-electron chi connectivity index (χ0n) is 10.1. The van der Waals surface area contributed by atoms with E-state index in [9.17, 15) is 9.59 Å². The van der Waals surface area contributed by atoms with Crippen molar-refractivity contribution in [2.24, 2.45) is 5.73 Å². The van der Waals surface area contributed by atoms with Crippen LogP contribution in [0.1, 0.15) is 25.7 Å². The Labute approximate surface area is 101 Å². The second-order valence-corrected chi connectivity index (χ2v) is 4.31. The molecule has 2 unspecified atom stereocenters. The number of hydrogen-bond acceptors (Lipinski definition) is 4. The summed E-state index contributed by atoms with van der Waals surface area (Å²) in [6.07, 6.45) is 2.06. The normalized spacial score (nSPS) is 21.5. The summed E-state index contributed by atoms with van der Waals surface area (Å²) in [5.41, 5.74) is 5.76. The SMILES string of the molecule is COCCC(N)C(=O)N1CCCC1CC(=O)O. The van der Waals surface area contributed by atoms with Crippen LogP contribution in [0.15, 0.2) is 0 Å². The first-order valence-corrected chi connectivity index (χ1v) is 5.83. The van der Waals surface area contributed by atoms with Gasteiger partial charge in [-0.15, -0.1) is 0 Å². The minimum Gasteiger partial charge on any atom is -0.481 e. The summed E-state index contributed by atoms with van der Waals surface area (Å²) in [5.74, 6) is -1.04. The summed E-state index contributed by atoms with van der Waals surface area (Å²) in [4.78, 5) is 24.3. The number of likely N-dealkylation sites (tertiary alicyclic amines) is 1. The number of carbonyl (C=O) groups is 2. The fraction of sp³-hybridized carbons (Fsp3) is 0.818.